The number of aliphatic hydroxyl groups is 3. The fraction of sp³-hybridized carbons (Fsp3) is 0.250. The lowest BCUT2D eigenvalue weighted by molar-refractivity contribution is -0.0152. The van der Waals surface area contributed by atoms with Crippen molar-refractivity contribution in [2.24, 2.45) is 0 Å². The summed E-state index contributed by atoms with van der Waals surface area (Å²) in [4.78, 5) is 4.15. The van der Waals surface area contributed by atoms with Gasteiger partial charge in [-0.25, -0.2) is 0 Å². The van der Waals surface area contributed by atoms with Crippen LogP contribution in [-0.4, -0.2) is 33.0 Å². The lowest BCUT2D eigenvalue weighted by Gasteiger charge is -2.16. The van der Waals surface area contributed by atoms with Crippen molar-refractivity contribution in [3.8, 4) is 0 Å². The van der Waals surface area contributed by atoms with Gasteiger partial charge in [0, 0.05) is 11.6 Å². The van der Waals surface area contributed by atoms with Gasteiger partial charge in [0.15, 0.2) is 0 Å². The monoisotopic (exact) mass is 219 g/mol. The van der Waals surface area contributed by atoms with Gasteiger partial charge >= 0.3 is 0 Å². The Hall–Kier alpha value is -1.49. The Bertz CT molecular complexity index is 486. The van der Waals surface area contributed by atoms with Gasteiger partial charge in [-0.05, 0) is 23.8 Å². The highest BCUT2D eigenvalue weighted by molar-refractivity contribution is 5.79. The van der Waals surface area contributed by atoms with E-state index in [0.717, 1.165) is 10.9 Å². The molecular formula is C12H13NO3. The first-order valence-electron chi connectivity index (χ1n) is 5.04. The number of rotatable bonds is 3. The van der Waals surface area contributed by atoms with Gasteiger partial charge in [0.2, 0.25) is 0 Å². The second kappa shape index (κ2) is 4.57. The lowest BCUT2D eigenvalue weighted by Crippen LogP contribution is -2.21. The zero-order chi connectivity index (χ0) is 11.5. The molecule has 0 bridgehead atoms. The van der Waals surface area contributed by atoms with Crippen LogP contribution < -0.4 is 0 Å². The minimum absolute atomic E-state index is 0.466. The predicted octanol–water partition coefficient (Wildman–Crippen LogP) is 0.621. The fourth-order valence-electron chi connectivity index (χ4n) is 1.60. The van der Waals surface area contributed by atoms with Crippen molar-refractivity contribution in [2.75, 3.05) is 6.61 Å². The van der Waals surface area contributed by atoms with Crippen LogP contribution >= 0.6 is 0 Å². The van der Waals surface area contributed by atoms with Crippen molar-refractivity contribution in [3.63, 3.8) is 0 Å². The van der Waals surface area contributed by atoms with E-state index in [1.807, 2.05) is 6.07 Å². The van der Waals surface area contributed by atoms with Gasteiger partial charge < -0.3 is 15.3 Å². The number of aliphatic hydroxyl groups excluding tert-OH is 3. The topological polar surface area (TPSA) is 73.6 Å². The van der Waals surface area contributed by atoms with Crippen LogP contribution in [-0.2, 0) is 0 Å². The van der Waals surface area contributed by atoms with Gasteiger partial charge in [0.1, 0.15) is 12.2 Å². The highest BCUT2D eigenvalue weighted by Gasteiger charge is 2.17. The molecular weight excluding hydrogens is 206 g/mol. The zero-order valence-corrected chi connectivity index (χ0v) is 8.61. The van der Waals surface area contributed by atoms with Crippen molar-refractivity contribution in [1.82, 2.24) is 4.98 Å². The highest BCUT2D eigenvalue weighted by atomic mass is 16.4. The Morgan fingerprint density at radius 3 is 2.75 bits per heavy atom. The summed E-state index contributed by atoms with van der Waals surface area (Å²) in [6.07, 6.45) is -0.537. The van der Waals surface area contributed by atoms with Crippen molar-refractivity contribution in [1.29, 1.82) is 0 Å². The van der Waals surface area contributed by atoms with Gasteiger partial charge in [-0.1, -0.05) is 12.1 Å². The predicted molar refractivity (Wildman–Crippen MR) is 59.8 cm³/mol. The molecule has 0 radical (unpaired) electrons. The van der Waals surface area contributed by atoms with E-state index in [4.69, 9.17) is 5.11 Å². The molecule has 0 amide bonds. The zero-order valence-electron chi connectivity index (χ0n) is 8.61. The van der Waals surface area contributed by atoms with E-state index >= 15 is 0 Å². The highest BCUT2D eigenvalue weighted by Crippen LogP contribution is 2.21. The SMILES string of the molecule is OCC(O)C(O)c1ccc2ncccc2c1. The first kappa shape index (κ1) is 11.0. The fourth-order valence-corrected chi connectivity index (χ4v) is 1.60. The van der Waals surface area contributed by atoms with Crippen LogP contribution in [0.1, 0.15) is 11.7 Å². The molecule has 0 saturated carbocycles. The first-order chi connectivity index (χ1) is 7.72. The molecule has 2 atom stereocenters. The largest absolute Gasteiger partial charge is 0.394 e. The molecule has 1 aromatic carbocycles. The molecule has 4 nitrogen and oxygen atoms in total. The number of fused-ring (bicyclic) bond motifs is 1. The normalized spacial score (nSPS) is 14.9. The number of hydrogen-bond donors (Lipinski definition) is 3. The van der Waals surface area contributed by atoms with Crippen molar-refractivity contribution in [3.05, 3.63) is 42.1 Å². The van der Waals surface area contributed by atoms with Crippen LogP contribution in [0.25, 0.3) is 10.9 Å². The number of aromatic nitrogens is 1. The van der Waals surface area contributed by atoms with Gasteiger partial charge in [0.05, 0.1) is 12.1 Å². The third-order valence-electron chi connectivity index (χ3n) is 2.52. The summed E-state index contributed by atoms with van der Waals surface area (Å²) >= 11 is 0. The molecule has 2 rings (SSSR count). The Balaban J connectivity index is 2.39. The average molecular weight is 219 g/mol. The molecule has 0 aliphatic rings. The Morgan fingerprint density at radius 1 is 1.19 bits per heavy atom. The maximum absolute atomic E-state index is 9.72. The molecule has 2 aromatic rings. The minimum atomic E-state index is -1.16. The van der Waals surface area contributed by atoms with E-state index < -0.39 is 18.8 Å². The molecule has 1 aromatic heterocycles. The van der Waals surface area contributed by atoms with E-state index in [-0.39, 0.29) is 0 Å². The van der Waals surface area contributed by atoms with Crippen LogP contribution in [0.3, 0.4) is 0 Å². The van der Waals surface area contributed by atoms with Crippen molar-refractivity contribution >= 4 is 10.9 Å². The summed E-state index contributed by atoms with van der Waals surface area (Å²) in [6.45, 7) is -0.466. The number of nitrogens with zero attached hydrogens (tertiary/aromatic N) is 1. The third-order valence-corrected chi connectivity index (χ3v) is 2.52. The Kier molecular flexibility index (Phi) is 3.14. The van der Waals surface area contributed by atoms with Crippen LogP contribution in [0, 0.1) is 0 Å². The molecule has 16 heavy (non-hydrogen) atoms. The van der Waals surface area contributed by atoms with E-state index in [2.05, 4.69) is 4.98 Å². The quantitative estimate of drug-likeness (QED) is 0.707. The Labute approximate surface area is 92.8 Å². The molecule has 1 heterocycles. The van der Waals surface area contributed by atoms with Crippen LogP contribution in [0.15, 0.2) is 36.5 Å². The maximum Gasteiger partial charge on any atom is 0.107 e. The molecule has 4 heteroatoms. The van der Waals surface area contributed by atoms with Crippen LogP contribution in [0.2, 0.25) is 0 Å². The molecule has 0 aliphatic heterocycles. The second-order valence-corrected chi connectivity index (χ2v) is 3.65. The average Bonchev–Trinajstić information content (AvgIpc) is 2.36. The van der Waals surface area contributed by atoms with E-state index in [1.54, 1.807) is 30.5 Å². The summed E-state index contributed by atoms with van der Waals surface area (Å²) in [5, 5.41) is 28.7. The van der Waals surface area contributed by atoms with E-state index in [9.17, 15) is 10.2 Å². The summed E-state index contributed by atoms with van der Waals surface area (Å²) in [6, 6.07) is 8.91. The Morgan fingerprint density at radius 2 is 2.00 bits per heavy atom. The van der Waals surface area contributed by atoms with Gasteiger partial charge in [0.25, 0.3) is 0 Å². The molecule has 2 unspecified atom stereocenters. The maximum atomic E-state index is 9.72. The number of hydrogen-bond acceptors (Lipinski definition) is 4. The van der Waals surface area contributed by atoms with Crippen LogP contribution in [0.5, 0.6) is 0 Å². The summed E-state index contributed by atoms with van der Waals surface area (Å²) in [7, 11) is 0. The smallest absolute Gasteiger partial charge is 0.107 e. The van der Waals surface area contributed by atoms with Gasteiger partial charge in [-0.15, -0.1) is 0 Å². The molecule has 0 saturated heterocycles. The van der Waals surface area contributed by atoms with Gasteiger partial charge in [-0.2, -0.15) is 0 Å². The molecule has 0 fully saturated rings. The second-order valence-electron chi connectivity index (χ2n) is 3.65. The molecule has 0 aliphatic carbocycles. The molecule has 0 spiro atoms. The van der Waals surface area contributed by atoms with E-state index in [0.29, 0.717) is 5.56 Å². The summed E-state index contributed by atoms with van der Waals surface area (Å²) in [5.74, 6) is 0. The standard InChI is InChI=1S/C12H13NO3/c14-7-11(15)12(16)9-3-4-10-8(6-9)2-1-5-13-10/h1-6,11-12,14-16H,7H2. The number of pyridine rings is 1. The third kappa shape index (κ3) is 2.04. The first-order valence-corrected chi connectivity index (χ1v) is 5.04. The van der Waals surface area contributed by atoms with Crippen LogP contribution in [0.4, 0.5) is 0 Å². The minimum Gasteiger partial charge on any atom is -0.394 e. The van der Waals surface area contributed by atoms with E-state index in [1.165, 1.54) is 0 Å². The molecule has 3 N–H and O–H groups in total. The summed E-state index contributed by atoms with van der Waals surface area (Å²) < 4.78 is 0. The lowest BCUT2D eigenvalue weighted by atomic mass is 10.0. The van der Waals surface area contributed by atoms with Crippen molar-refractivity contribution < 1.29 is 15.3 Å². The van der Waals surface area contributed by atoms with Crippen molar-refractivity contribution in [2.45, 2.75) is 12.2 Å². The number of benzene rings is 1. The van der Waals surface area contributed by atoms with Gasteiger partial charge in [-0.3, -0.25) is 4.98 Å². The molecule has 84 valence electrons. The summed E-state index contributed by atoms with van der Waals surface area (Å²) in [5.41, 5.74) is 1.40.